The summed E-state index contributed by atoms with van der Waals surface area (Å²) >= 11 is 1.73. The second-order valence-corrected chi connectivity index (χ2v) is 4.98. The van der Waals surface area contributed by atoms with Crippen molar-refractivity contribution in [2.24, 2.45) is 5.73 Å². The smallest absolute Gasteiger partial charge is 0.236 e. The van der Waals surface area contributed by atoms with Crippen molar-refractivity contribution in [2.75, 3.05) is 12.8 Å². The SMILES string of the molecule is CSC(C)(C)CNC(=O)[C@H](C)N. The Bertz CT molecular complexity index is 157. The standard InChI is InChI=1S/C8H18N2OS/c1-6(9)7(11)10-5-8(2,3)12-4/h6H,5,9H2,1-4H3,(H,10,11)/t6-/m0/s1. The lowest BCUT2D eigenvalue weighted by Crippen LogP contribution is -2.43. The second kappa shape index (κ2) is 4.72. The van der Waals surface area contributed by atoms with Gasteiger partial charge in [-0.05, 0) is 27.0 Å². The first-order valence-electron chi connectivity index (χ1n) is 3.97. The van der Waals surface area contributed by atoms with E-state index in [4.69, 9.17) is 5.73 Å². The molecule has 3 N–H and O–H groups in total. The predicted octanol–water partition coefficient (Wildman–Crippen LogP) is 0.591. The highest BCUT2D eigenvalue weighted by molar-refractivity contribution is 7.99. The maximum absolute atomic E-state index is 11.1. The van der Waals surface area contributed by atoms with Crippen LogP contribution in [-0.2, 0) is 4.79 Å². The maximum atomic E-state index is 11.1. The first kappa shape index (κ1) is 11.8. The van der Waals surface area contributed by atoms with Crippen LogP contribution >= 0.6 is 11.8 Å². The summed E-state index contributed by atoms with van der Waals surface area (Å²) in [4.78, 5) is 11.1. The monoisotopic (exact) mass is 190 g/mol. The molecule has 0 aromatic rings. The van der Waals surface area contributed by atoms with Crippen LogP contribution in [0.5, 0.6) is 0 Å². The lowest BCUT2D eigenvalue weighted by Gasteiger charge is -2.22. The largest absolute Gasteiger partial charge is 0.353 e. The molecule has 1 amide bonds. The minimum absolute atomic E-state index is 0.0860. The summed E-state index contributed by atoms with van der Waals surface area (Å²) < 4.78 is 0.0878. The summed E-state index contributed by atoms with van der Waals surface area (Å²) in [7, 11) is 0. The molecule has 3 nitrogen and oxygen atoms in total. The highest BCUT2D eigenvalue weighted by atomic mass is 32.2. The number of amides is 1. The van der Waals surface area contributed by atoms with Gasteiger partial charge in [-0.25, -0.2) is 0 Å². The summed E-state index contributed by atoms with van der Waals surface area (Å²) in [5, 5.41) is 2.79. The van der Waals surface area contributed by atoms with Crippen molar-refractivity contribution in [1.29, 1.82) is 0 Å². The molecule has 0 unspecified atom stereocenters. The van der Waals surface area contributed by atoms with Crippen LogP contribution < -0.4 is 11.1 Å². The summed E-state index contributed by atoms with van der Waals surface area (Å²) in [5.74, 6) is -0.0860. The van der Waals surface area contributed by atoms with Crippen LogP contribution in [0, 0.1) is 0 Å². The zero-order valence-corrected chi connectivity index (χ0v) is 8.99. The van der Waals surface area contributed by atoms with Crippen LogP contribution in [0.1, 0.15) is 20.8 Å². The highest BCUT2D eigenvalue weighted by Gasteiger charge is 2.17. The molecule has 72 valence electrons. The Labute approximate surface area is 78.5 Å². The van der Waals surface area contributed by atoms with Crippen molar-refractivity contribution in [3.63, 3.8) is 0 Å². The van der Waals surface area contributed by atoms with Crippen molar-refractivity contribution in [3.05, 3.63) is 0 Å². The van der Waals surface area contributed by atoms with Crippen LogP contribution in [0.3, 0.4) is 0 Å². The summed E-state index contributed by atoms with van der Waals surface area (Å²) in [6.07, 6.45) is 2.03. The summed E-state index contributed by atoms with van der Waals surface area (Å²) in [5.41, 5.74) is 5.39. The van der Waals surface area contributed by atoms with E-state index < -0.39 is 6.04 Å². The van der Waals surface area contributed by atoms with Crippen molar-refractivity contribution >= 4 is 17.7 Å². The first-order chi connectivity index (χ1) is 5.39. The fraction of sp³-hybridized carbons (Fsp3) is 0.875. The van der Waals surface area contributed by atoms with Gasteiger partial charge in [0.2, 0.25) is 5.91 Å². The molecule has 0 radical (unpaired) electrons. The molecule has 0 rings (SSSR count). The maximum Gasteiger partial charge on any atom is 0.236 e. The Kier molecular flexibility index (Phi) is 4.63. The molecule has 0 fully saturated rings. The van der Waals surface area contributed by atoms with E-state index in [1.165, 1.54) is 0 Å². The van der Waals surface area contributed by atoms with E-state index in [0.717, 1.165) is 0 Å². The van der Waals surface area contributed by atoms with E-state index in [1.807, 2.05) is 6.26 Å². The van der Waals surface area contributed by atoms with Crippen LogP contribution in [0.4, 0.5) is 0 Å². The van der Waals surface area contributed by atoms with E-state index in [-0.39, 0.29) is 10.7 Å². The third kappa shape index (κ3) is 4.62. The van der Waals surface area contributed by atoms with Crippen LogP contribution in [0.25, 0.3) is 0 Å². The van der Waals surface area contributed by atoms with Gasteiger partial charge in [-0.15, -0.1) is 0 Å². The van der Waals surface area contributed by atoms with Crippen LogP contribution in [-0.4, -0.2) is 29.5 Å². The van der Waals surface area contributed by atoms with Gasteiger partial charge in [-0.1, -0.05) is 0 Å². The molecule has 12 heavy (non-hydrogen) atoms. The minimum Gasteiger partial charge on any atom is -0.353 e. The minimum atomic E-state index is -0.414. The molecule has 0 aromatic heterocycles. The van der Waals surface area contributed by atoms with E-state index in [9.17, 15) is 4.79 Å². The Morgan fingerprint density at radius 2 is 2.17 bits per heavy atom. The molecule has 0 aliphatic carbocycles. The zero-order valence-electron chi connectivity index (χ0n) is 8.18. The van der Waals surface area contributed by atoms with E-state index in [0.29, 0.717) is 6.54 Å². The number of hydrogen-bond acceptors (Lipinski definition) is 3. The molecule has 0 aliphatic heterocycles. The molecule has 0 saturated heterocycles. The highest BCUT2D eigenvalue weighted by Crippen LogP contribution is 2.19. The van der Waals surface area contributed by atoms with Crippen molar-refractivity contribution < 1.29 is 4.79 Å². The average molecular weight is 190 g/mol. The van der Waals surface area contributed by atoms with E-state index in [1.54, 1.807) is 18.7 Å². The number of thioether (sulfide) groups is 1. The number of hydrogen-bond donors (Lipinski definition) is 2. The summed E-state index contributed by atoms with van der Waals surface area (Å²) in [6.45, 7) is 6.51. The average Bonchev–Trinajstić information content (AvgIpc) is 2.00. The third-order valence-corrected chi connectivity index (χ3v) is 2.90. The fourth-order valence-corrected chi connectivity index (χ4v) is 0.750. The Morgan fingerprint density at radius 3 is 2.50 bits per heavy atom. The Hall–Kier alpha value is -0.220. The lowest BCUT2D eigenvalue weighted by molar-refractivity contribution is -0.122. The van der Waals surface area contributed by atoms with Gasteiger partial charge in [0, 0.05) is 11.3 Å². The molecule has 1 atom stereocenters. The molecule has 4 heteroatoms. The van der Waals surface area contributed by atoms with Crippen molar-refractivity contribution in [3.8, 4) is 0 Å². The van der Waals surface area contributed by atoms with Gasteiger partial charge < -0.3 is 11.1 Å². The van der Waals surface area contributed by atoms with E-state index in [2.05, 4.69) is 19.2 Å². The van der Waals surface area contributed by atoms with Crippen molar-refractivity contribution in [1.82, 2.24) is 5.32 Å². The quantitative estimate of drug-likeness (QED) is 0.682. The molecule has 0 heterocycles. The molecule has 0 aromatic carbocycles. The van der Waals surface area contributed by atoms with Gasteiger partial charge in [0.15, 0.2) is 0 Å². The lowest BCUT2D eigenvalue weighted by atomic mass is 10.2. The Balaban J connectivity index is 3.76. The van der Waals surface area contributed by atoms with Gasteiger partial charge in [0.1, 0.15) is 0 Å². The molecule has 0 bridgehead atoms. The number of nitrogens with one attached hydrogen (secondary N) is 1. The molecule has 0 spiro atoms. The second-order valence-electron chi connectivity index (χ2n) is 3.47. The van der Waals surface area contributed by atoms with E-state index >= 15 is 0 Å². The number of carbonyl (C=O) groups excluding carboxylic acids is 1. The third-order valence-electron chi connectivity index (χ3n) is 1.65. The molecular weight excluding hydrogens is 172 g/mol. The molecule has 0 saturated carbocycles. The molecule has 0 aliphatic rings. The van der Waals surface area contributed by atoms with Gasteiger partial charge in [-0.2, -0.15) is 11.8 Å². The van der Waals surface area contributed by atoms with Gasteiger partial charge >= 0.3 is 0 Å². The predicted molar refractivity (Wildman–Crippen MR) is 54.3 cm³/mol. The van der Waals surface area contributed by atoms with Crippen LogP contribution in [0.15, 0.2) is 0 Å². The normalized spacial score (nSPS) is 14.1. The fourth-order valence-electron chi connectivity index (χ4n) is 0.533. The summed E-state index contributed by atoms with van der Waals surface area (Å²) in [6, 6.07) is -0.414. The molecular formula is C8H18N2OS. The first-order valence-corrected chi connectivity index (χ1v) is 5.20. The number of nitrogens with two attached hydrogens (primary N) is 1. The Morgan fingerprint density at radius 1 is 1.67 bits per heavy atom. The zero-order chi connectivity index (χ0) is 9.78. The van der Waals surface area contributed by atoms with Gasteiger partial charge in [0.25, 0.3) is 0 Å². The van der Waals surface area contributed by atoms with Gasteiger partial charge in [0.05, 0.1) is 6.04 Å². The van der Waals surface area contributed by atoms with Crippen molar-refractivity contribution in [2.45, 2.75) is 31.6 Å². The number of carbonyl (C=O) groups is 1. The number of rotatable bonds is 4. The van der Waals surface area contributed by atoms with Gasteiger partial charge in [-0.3, -0.25) is 4.79 Å². The topological polar surface area (TPSA) is 55.1 Å². The van der Waals surface area contributed by atoms with Crippen LogP contribution in [0.2, 0.25) is 0 Å².